The monoisotopic (exact) mass is 270 g/mol. The zero-order chi connectivity index (χ0) is 14.0. The van der Waals surface area contributed by atoms with Crippen molar-refractivity contribution in [2.75, 3.05) is 0 Å². The molecule has 2 aromatic carbocycles. The average Bonchev–Trinajstić information content (AvgIpc) is 2.33. The zero-order valence-corrected chi connectivity index (χ0v) is 9.71. The summed E-state index contributed by atoms with van der Waals surface area (Å²) in [7, 11) is 0. The third-order valence-electron chi connectivity index (χ3n) is 2.72. The molecule has 1 N–H and O–H groups in total. The molecule has 0 radical (unpaired) electrons. The van der Waals surface area contributed by atoms with Crippen molar-refractivity contribution >= 4 is 0 Å². The molecule has 0 aliphatic carbocycles. The molecule has 0 fully saturated rings. The number of benzene rings is 2. The molecule has 1 nitrogen and oxygen atoms in total. The first-order valence-corrected chi connectivity index (χ1v) is 5.54. The molecular weight excluding hydrogens is 260 g/mol. The van der Waals surface area contributed by atoms with E-state index in [-0.39, 0.29) is 12.0 Å². The lowest BCUT2D eigenvalue weighted by Crippen LogP contribution is -2.06. The van der Waals surface area contributed by atoms with Gasteiger partial charge in [-0.2, -0.15) is 0 Å². The van der Waals surface area contributed by atoms with Gasteiger partial charge in [0.1, 0.15) is 11.6 Å². The lowest BCUT2D eigenvalue weighted by molar-refractivity contribution is 0.172. The summed E-state index contributed by atoms with van der Waals surface area (Å²) in [6.07, 6.45) is -1.48. The van der Waals surface area contributed by atoms with E-state index in [1.807, 2.05) is 0 Å². The highest BCUT2D eigenvalue weighted by Crippen LogP contribution is 2.23. The van der Waals surface area contributed by atoms with Crippen LogP contribution in [-0.2, 0) is 6.42 Å². The Hall–Kier alpha value is -1.88. The summed E-state index contributed by atoms with van der Waals surface area (Å²) in [6.45, 7) is 0. The smallest absolute Gasteiger partial charge is 0.161 e. The van der Waals surface area contributed by atoms with E-state index in [0.717, 1.165) is 0 Å². The lowest BCUT2D eigenvalue weighted by Gasteiger charge is -2.12. The minimum absolute atomic E-state index is 0.0975. The van der Waals surface area contributed by atoms with Gasteiger partial charge in [-0.1, -0.05) is 12.1 Å². The van der Waals surface area contributed by atoms with Gasteiger partial charge < -0.3 is 5.11 Å². The predicted octanol–water partition coefficient (Wildman–Crippen LogP) is 3.52. The summed E-state index contributed by atoms with van der Waals surface area (Å²) in [5, 5.41) is 9.81. The van der Waals surface area contributed by atoms with Crippen LogP contribution in [0, 0.1) is 23.3 Å². The van der Waals surface area contributed by atoms with Crippen LogP contribution in [0.4, 0.5) is 17.6 Å². The fraction of sp³-hybridized carbons (Fsp3) is 0.143. The fourth-order valence-electron chi connectivity index (χ4n) is 1.79. The van der Waals surface area contributed by atoms with Gasteiger partial charge in [-0.25, -0.2) is 17.6 Å². The summed E-state index contributed by atoms with van der Waals surface area (Å²) in [5.41, 5.74) is 0.0693. The summed E-state index contributed by atoms with van der Waals surface area (Å²) in [4.78, 5) is 0. The van der Waals surface area contributed by atoms with Gasteiger partial charge >= 0.3 is 0 Å². The molecule has 2 rings (SSSR count). The van der Waals surface area contributed by atoms with Crippen molar-refractivity contribution in [1.29, 1.82) is 0 Å². The van der Waals surface area contributed by atoms with Gasteiger partial charge in [0, 0.05) is 18.1 Å². The van der Waals surface area contributed by atoms with Gasteiger partial charge in [0.15, 0.2) is 11.6 Å². The highest BCUT2D eigenvalue weighted by molar-refractivity contribution is 5.25. The number of aliphatic hydroxyl groups is 1. The van der Waals surface area contributed by atoms with Crippen molar-refractivity contribution < 1.29 is 22.7 Å². The lowest BCUT2D eigenvalue weighted by atomic mass is 10.0. The van der Waals surface area contributed by atoms with Crippen molar-refractivity contribution in [3.05, 3.63) is 70.8 Å². The number of halogens is 4. The van der Waals surface area contributed by atoms with Gasteiger partial charge in [0.25, 0.3) is 0 Å². The van der Waals surface area contributed by atoms with E-state index in [1.54, 1.807) is 6.07 Å². The minimum Gasteiger partial charge on any atom is -0.388 e. The van der Waals surface area contributed by atoms with E-state index in [1.165, 1.54) is 18.2 Å². The van der Waals surface area contributed by atoms with Crippen LogP contribution in [0.2, 0.25) is 0 Å². The molecule has 19 heavy (non-hydrogen) atoms. The Morgan fingerprint density at radius 1 is 0.895 bits per heavy atom. The number of hydrogen-bond acceptors (Lipinski definition) is 1. The first-order chi connectivity index (χ1) is 8.97. The Morgan fingerprint density at radius 2 is 1.58 bits per heavy atom. The molecule has 0 aliphatic rings. The summed E-state index contributed by atoms with van der Waals surface area (Å²) in [5.74, 6) is -4.09. The van der Waals surface area contributed by atoms with Gasteiger partial charge in [-0.3, -0.25) is 0 Å². The molecule has 0 heterocycles. The van der Waals surface area contributed by atoms with Crippen LogP contribution in [0.3, 0.4) is 0 Å². The molecule has 0 saturated carbocycles. The van der Waals surface area contributed by atoms with Crippen LogP contribution in [0.15, 0.2) is 36.4 Å². The van der Waals surface area contributed by atoms with E-state index in [2.05, 4.69) is 0 Å². The van der Waals surface area contributed by atoms with E-state index in [9.17, 15) is 22.7 Å². The normalized spacial score (nSPS) is 12.5. The van der Waals surface area contributed by atoms with Crippen LogP contribution < -0.4 is 0 Å². The zero-order valence-electron chi connectivity index (χ0n) is 9.71. The fourth-order valence-corrected chi connectivity index (χ4v) is 1.79. The van der Waals surface area contributed by atoms with Crippen molar-refractivity contribution in [3.63, 3.8) is 0 Å². The topological polar surface area (TPSA) is 20.2 Å². The Kier molecular flexibility index (Phi) is 3.85. The van der Waals surface area contributed by atoms with Crippen LogP contribution in [0.25, 0.3) is 0 Å². The summed E-state index contributed by atoms with van der Waals surface area (Å²) < 4.78 is 52.1. The molecular formula is C14H10F4O. The Morgan fingerprint density at radius 3 is 2.26 bits per heavy atom. The molecule has 0 aliphatic heterocycles. The van der Waals surface area contributed by atoms with Crippen molar-refractivity contribution in [2.45, 2.75) is 12.5 Å². The van der Waals surface area contributed by atoms with E-state index in [4.69, 9.17) is 0 Å². The molecule has 0 aromatic heterocycles. The Balaban J connectivity index is 2.25. The second kappa shape index (κ2) is 5.40. The number of hydrogen-bond donors (Lipinski definition) is 1. The van der Waals surface area contributed by atoms with Crippen LogP contribution in [0.1, 0.15) is 17.2 Å². The van der Waals surface area contributed by atoms with Crippen LogP contribution in [-0.4, -0.2) is 5.11 Å². The quantitative estimate of drug-likeness (QED) is 0.668. The van der Waals surface area contributed by atoms with Gasteiger partial charge in [0.05, 0.1) is 6.10 Å². The third-order valence-corrected chi connectivity index (χ3v) is 2.72. The van der Waals surface area contributed by atoms with Gasteiger partial charge in [0.2, 0.25) is 0 Å². The summed E-state index contributed by atoms with van der Waals surface area (Å²) >= 11 is 0. The molecule has 0 spiro atoms. The van der Waals surface area contributed by atoms with Gasteiger partial charge in [-0.15, -0.1) is 0 Å². The molecule has 2 aromatic rings. The van der Waals surface area contributed by atoms with Crippen LogP contribution in [0.5, 0.6) is 0 Å². The van der Waals surface area contributed by atoms with E-state index >= 15 is 0 Å². The second-order valence-electron chi connectivity index (χ2n) is 4.14. The van der Waals surface area contributed by atoms with Crippen molar-refractivity contribution in [2.24, 2.45) is 0 Å². The van der Waals surface area contributed by atoms with Gasteiger partial charge in [-0.05, 0) is 23.8 Å². The molecule has 100 valence electrons. The Labute approximate surface area is 107 Å². The molecule has 1 atom stereocenters. The van der Waals surface area contributed by atoms with Crippen LogP contribution >= 0.6 is 0 Å². The largest absolute Gasteiger partial charge is 0.388 e. The average molecular weight is 270 g/mol. The first kappa shape index (κ1) is 13.5. The highest BCUT2D eigenvalue weighted by atomic mass is 19.2. The maximum absolute atomic E-state index is 13.4. The third kappa shape index (κ3) is 3.12. The maximum Gasteiger partial charge on any atom is 0.161 e. The standard InChI is InChI=1S/C14H10F4O/c15-9-3-1-2-8(4-9)5-14(19)10-6-12(17)13(18)7-11(10)16/h1-4,6-7,14,19H,5H2. The molecule has 0 amide bonds. The van der Waals surface area contributed by atoms with Crippen molar-refractivity contribution in [1.82, 2.24) is 0 Å². The molecule has 0 saturated heterocycles. The van der Waals surface area contributed by atoms with Crippen molar-refractivity contribution in [3.8, 4) is 0 Å². The van der Waals surface area contributed by atoms with E-state index in [0.29, 0.717) is 17.7 Å². The molecule has 5 heteroatoms. The maximum atomic E-state index is 13.4. The van der Waals surface area contributed by atoms with E-state index < -0.39 is 29.4 Å². The second-order valence-corrected chi connectivity index (χ2v) is 4.14. The minimum atomic E-state index is -1.38. The first-order valence-electron chi connectivity index (χ1n) is 5.54. The molecule has 1 unspecified atom stereocenters. The number of rotatable bonds is 3. The Bertz CT molecular complexity index is 598. The predicted molar refractivity (Wildman–Crippen MR) is 61.4 cm³/mol. The highest BCUT2D eigenvalue weighted by Gasteiger charge is 2.17. The summed E-state index contributed by atoms with van der Waals surface area (Å²) in [6, 6.07) is 6.38. The SMILES string of the molecule is OC(Cc1cccc(F)c1)c1cc(F)c(F)cc1F. The molecule has 0 bridgehead atoms. The number of aliphatic hydroxyl groups excluding tert-OH is 1.